The number of hydrogen-bond donors (Lipinski definition) is 1. The quantitative estimate of drug-likeness (QED) is 0.845. The van der Waals surface area contributed by atoms with Crippen LogP contribution < -0.4 is 10.1 Å². The number of hydrogen-bond acceptors (Lipinski definition) is 4. The van der Waals surface area contributed by atoms with Crippen molar-refractivity contribution in [3.05, 3.63) is 58.2 Å². The number of aromatic nitrogens is 1. The fourth-order valence-corrected chi connectivity index (χ4v) is 2.06. The lowest BCUT2D eigenvalue weighted by atomic mass is 10.2. The van der Waals surface area contributed by atoms with Gasteiger partial charge in [-0.05, 0) is 34.1 Å². The molecule has 1 heterocycles. The van der Waals surface area contributed by atoms with E-state index in [0.29, 0.717) is 30.2 Å². The zero-order valence-corrected chi connectivity index (χ0v) is 12.6. The van der Waals surface area contributed by atoms with Crippen LogP contribution in [0.2, 0.25) is 0 Å². The van der Waals surface area contributed by atoms with Crippen LogP contribution in [0.1, 0.15) is 15.9 Å². The van der Waals surface area contributed by atoms with Gasteiger partial charge in [-0.1, -0.05) is 12.1 Å². The summed E-state index contributed by atoms with van der Waals surface area (Å²) < 4.78 is 6.12. The number of amides is 1. The third-order valence-corrected chi connectivity index (χ3v) is 3.31. The molecule has 1 N–H and O–H groups in total. The zero-order chi connectivity index (χ0) is 15.1. The van der Waals surface area contributed by atoms with Gasteiger partial charge in [0.05, 0.1) is 17.7 Å². The molecule has 2 aromatic rings. The minimum atomic E-state index is -0.168. The van der Waals surface area contributed by atoms with E-state index in [9.17, 15) is 4.79 Å². The minimum Gasteiger partial charge on any atom is -0.476 e. The van der Waals surface area contributed by atoms with Gasteiger partial charge in [-0.25, -0.2) is 4.98 Å². The van der Waals surface area contributed by atoms with Gasteiger partial charge in [-0.15, -0.1) is 0 Å². The maximum absolute atomic E-state index is 11.9. The molecule has 1 aromatic carbocycles. The topological polar surface area (TPSA) is 75.0 Å². The van der Waals surface area contributed by atoms with Crippen molar-refractivity contribution >= 4 is 21.8 Å². The molecule has 0 bridgehead atoms. The molecular weight excluding hydrogens is 334 g/mol. The first-order valence-electron chi connectivity index (χ1n) is 6.22. The van der Waals surface area contributed by atoms with Crippen molar-refractivity contribution in [2.75, 3.05) is 13.2 Å². The molecule has 106 valence electrons. The van der Waals surface area contributed by atoms with Gasteiger partial charge in [0.25, 0.3) is 5.91 Å². The number of carbonyl (C=O) groups excluding carboxylic acids is 1. The molecule has 0 saturated carbocycles. The Morgan fingerprint density at radius 3 is 2.81 bits per heavy atom. The Bertz CT molecular complexity index is 665. The van der Waals surface area contributed by atoms with Crippen molar-refractivity contribution in [3.8, 4) is 11.9 Å². The van der Waals surface area contributed by atoms with Crippen LogP contribution in [0.15, 0.2) is 47.1 Å². The van der Waals surface area contributed by atoms with E-state index >= 15 is 0 Å². The maximum Gasteiger partial charge on any atom is 0.252 e. The van der Waals surface area contributed by atoms with Gasteiger partial charge in [0.2, 0.25) is 5.88 Å². The Hall–Kier alpha value is -2.39. The van der Waals surface area contributed by atoms with E-state index in [1.807, 2.05) is 18.2 Å². The summed E-state index contributed by atoms with van der Waals surface area (Å²) in [4.78, 5) is 15.9. The third-order valence-electron chi connectivity index (χ3n) is 2.62. The summed E-state index contributed by atoms with van der Waals surface area (Å²) in [6.45, 7) is 0.664. The first-order chi connectivity index (χ1) is 10.2. The summed E-state index contributed by atoms with van der Waals surface area (Å²) in [6, 6.07) is 12.4. The van der Waals surface area contributed by atoms with Gasteiger partial charge in [0.15, 0.2) is 0 Å². The lowest BCUT2D eigenvalue weighted by Crippen LogP contribution is -2.28. The summed E-state index contributed by atoms with van der Waals surface area (Å²) in [7, 11) is 0. The van der Waals surface area contributed by atoms with Crippen LogP contribution in [0.25, 0.3) is 0 Å². The first kappa shape index (κ1) is 15.0. The van der Waals surface area contributed by atoms with Gasteiger partial charge in [-0.2, -0.15) is 5.26 Å². The number of benzene rings is 1. The number of ether oxygens (including phenoxy) is 1. The predicted molar refractivity (Wildman–Crippen MR) is 80.9 cm³/mol. The fraction of sp³-hybridized carbons (Fsp3) is 0.133. The molecule has 6 heteroatoms. The highest BCUT2D eigenvalue weighted by molar-refractivity contribution is 9.10. The summed E-state index contributed by atoms with van der Waals surface area (Å²) in [5.74, 6) is 0.253. The van der Waals surface area contributed by atoms with E-state index in [4.69, 9.17) is 10.00 Å². The molecule has 0 atom stereocenters. The summed E-state index contributed by atoms with van der Waals surface area (Å²) >= 11 is 3.33. The Morgan fingerprint density at radius 1 is 1.33 bits per heavy atom. The van der Waals surface area contributed by atoms with Crippen molar-refractivity contribution in [1.82, 2.24) is 10.3 Å². The minimum absolute atomic E-state index is 0.168. The molecule has 0 radical (unpaired) electrons. The smallest absolute Gasteiger partial charge is 0.252 e. The normalized spacial score (nSPS) is 9.71. The van der Waals surface area contributed by atoms with Crippen molar-refractivity contribution in [3.63, 3.8) is 0 Å². The molecule has 1 aromatic heterocycles. The number of pyridine rings is 1. The molecule has 0 spiro atoms. The maximum atomic E-state index is 11.9. The molecule has 0 unspecified atom stereocenters. The molecule has 0 aliphatic heterocycles. The summed E-state index contributed by atoms with van der Waals surface area (Å²) in [6.07, 6.45) is 1.44. The second kappa shape index (κ2) is 7.41. The molecule has 5 nitrogen and oxygen atoms in total. The largest absolute Gasteiger partial charge is 0.476 e. The standard InChI is InChI=1S/C15H12BrN3O2/c16-13-4-2-1-3-12(13)15(20)18-7-8-21-14-6-5-11(9-17)10-19-14/h1-6,10H,7-8H2,(H,18,20). The van der Waals surface area contributed by atoms with E-state index in [1.54, 1.807) is 24.3 Å². The van der Waals surface area contributed by atoms with Crippen LogP contribution in [0.5, 0.6) is 5.88 Å². The highest BCUT2D eigenvalue weighted by Crippen LogP contribution is 2.15. The molecule has 0 fully saturated rings. The van der Waals surface area contributed by atoms with Gasteiger partial charge in [0.1, 0.15) is 12.7 Å². The zero-order valence-electron chi connectivity index (χ0n) is 11.0. The lowest BCUT2D eigenvalue weighted by molar-refractivity contribution is 0.0946. The average Bonchev–Trinajstić information content (AvgIpc) is 2.52. The summed E-state index contributed by atoms with van der Waals surface area (Å²) in [5.41, 5.74) is 1.05. The van der Waals surface area contributed by atoms with Crippen LogP contribution in [0.4, 0.5) is 0 Å². The third kappa shape index (κ3) is 4.29. The van der Waals surface area contributed by atoms with Crippen LogP contribution in [-0.2, 0) is 0 Å². The number of rotatable bonds is 5. The number of halogens is 1. The number of nitrogens with one attached hydrogen (secondary N) is 1. The van der Waals surface area contributed by atoms with Gasteiger partial charge >= 0.3 is 0 Å². The number of carbonyl (C=O) groups is 1. The van der Waals surface area contributed by atoms with Crippen LogP contribution in [0.3, 0.4) is 0 Å². The number of nitrogens with zero attached hydrogens (tertiary/aromatic N) is 2. The average molecular weight is 346 g/mol. The van der Waals surface area contributed by atoms with Crippen molar-refractivity contribution in [2.24, 2.45) is 0 Å². The lowest BCUT2D eigenvalue weighted by Gasteiger charge is -2.08. The molecule has 21 heavy (non-hydrogen) atoms. The van der Waals surface area contributed by atoms with Crippen molar-refractivity contribution in [1.29, 1.82) is 5.26 Å². The van der Waals surface area contributed by atoms with Gasteiger partial charge in [0, 0.05) is 16.7 Å². The van der Waals surface area contributed by atoms with E-state index in [1.165, 1.54) is 6.20 Å². The Morgan fingerprint density at radius 2 is 2.14 bits per heavy atom. The number of nitriles is 1. The summed E-state index contributed by atoms with van der Waals surface area (Å²) in [5, 5.41) is 11.4. The molecule has 1 amide bonds. The molecular formula is C15H12BrN3O2. The molecule has 2 rings (SSSR count). The van der Waals surface area contributed by atoms with Crippen LogP contribution in [-0.4, -0.2) is 24.0 Å². The van der Waals surface area contributed by atoms with Crippen molar-refractivity contribution in [2.45, 2.75) is 0 Å². The Labute approximate surface area is 130 Å². The van der Waals surface area contributed by atoms with Gasteiger partial charge < -0.3 is 10.1 Å². The van der Waals surface area contributed by atoms with E-state index in [0.717, 1.165) is 4.47 Å². The van der Waals surface area contributed by atoms with E-state index in [2.05, 4.69) is 26.2 Å². The molecule has 0 saturated heterocycles. The highest BCUT2D eigenvalue weighted by Gasteiger charge is 2.08. The predicted octanol–water partition coefficient (Wildman–Crippen LogP) is 2.52. The highest BCUT2D eigenvalue weighted by atomic mass is 79.9. The van der Waals surface area contributed by atoms with Gasteiger partial charge in [-0.3, -0.25) is 4.79 Å². The second-order valence-corrected chi connectivity index (χ2v) is 4.94. The molecule has 0 aliphatic carbocycles. The Balaban J connectivity index is 1.78. The SMILES string of the molecule is N#Cc1ccc(OCCNC(=O)c2ccccc2Br)nc1. The first-order valence-corrected chi connectivity index (χ1v) is 7.01. The molecule has 0 aliphatic rings. The van der Waals surface area contributed by atoms with E-state index in [-0.39, 0.29) is 5.91 Å². The monoisotopic (exact) mass is 345 g/mol. The second-order valence-electron chi connectivity index (χ2n) is 4.08. The van der Waals surface area contributed by atoms with Crippen LogP contribution in [0, 0.1) is 11.3 Å². The Kier molecular flexibility index (Phi) is 5.29. The van der Waals surface area contributed by atoms with E-state index < -0.39 is 0 Å². The fourth-order valence-electron chi connectivity index (χ4n) is 1.59. The van der Waals surface area contributed by atoms with Crippen molar-refractivity contribution < 1.29 is 9.53 Å². The van der Waals surface area contributed by atoms with Crippen LogP contribution >= 0.6 is 15.9 Å².